The Bertz CT molecular complexity index is 443. The molecule has 0 fully saturated rings. The molecule has 2 aromatic carbocycles. The van der Waals surface area contributed by atoms with Gasteiger partial charge in [0, 0.05) is 0 Å². The van der Waals surface area contributed by atoms with Crippen LogP contribution in [0.25, 0.3) is 0 Å². The number of hydrogen-bond donors (Lipinski definition) is 0. The van der Waals surface area contributed by atoms with Gasteiger partial charge in [-0.1, -0.05) is 0 Å². The molecular formula is C12H10ClMgOP. The van der Waals surface area contributed by atoms with E-state index in [1.54, 1.807) is 21.2 Å². The second-order valence-corrected chi connectivity index (χ2v) is 8.59. The predicted molar refractivity (Wildman–Crippen MR) is 65.5 cm³/mol. The SMILES string of the molecule is O=[P]([Mg+])(c1ccccc1)c1ccccc1.[Cl-]. The summed E-state index contributed by atoms with van der Waals surface area (Å²) >= 11 is 1.59. The van der Waals surface area contributed by atoms with E-state index in [-0.39, 0.29) is 12.4 Å². The molecule has 78 valence electrons. The molecule has 2 aromatic rings. The summed E-state index contributed by atoms with van der Waals surface area (Å²) < 4.78 is 12.6. The van der Waals surface area contributed by atoms with Crippen molar-refractivity contribution in [1.82, 2.24) is 0 Å². The number of hydrogen-bond acceptors (Lipinski definition) is 1. The second kappa shape index (κ2) is 5.88. The molecule has 2 rings (SSSR count). The van der Waals surface area contributed by atoms with Crippen LogP contribution in [0, 0.1) is 0 Å². The Balaban J connectivity index is 0.00000128. The quantitative estimate of drug-likeness (QED) is 0.505. The minimum Gasteiger partial charge on any atom is -1.00 e. The van der Waals surface area contributed by atoms with Gasteiger partial charge < -0.3 is 12.4 Å². The molecule has 0 saturated carbocycles. The van der Waals surface area contributed by atoms with Crippen molar-refractivity contribution in [3.05, 3.63) is 60.7 Å². The molecule has 0 N–H and O–H groups in total. The van der Waals surface area contributed by atoms with Crippen molar-refractivity contribution in [1.29, 1.82) is 0 Å². The summed E-state index contributed by atoms with van der Waals surface area (Å²) in [6.07, 6.45) is 0. The number of rotatable bonds is 2. The molecule has 0 bridgehead atoms. The van der Waals surface area contributed by atoms with Gasteiger partial charge in [-0.15, -0.1) is 0 Å². The smallest absolute Gasteiger partial charge is 1.00 e. The molecule has 0 radical (unpaired) electrons. The normalized spacial score (nSPS) is 10.6. The third-order valence-corrected chi connectivity index (χ3v) is 6.80. The summed E-state index contributed by atoms with van der Waals surface area (Å²) in [4.78, 5) is -2.37. The molecule has 0 aliphatic rings. The average molecular weight is 261 g/mol. The molecule has 0 aromatic heterocycles. The van der Waals surface area contributed by atoms with Crippen LogP contribution in [-0.4, -0.2) is 21.2 Å². The fraction of sp³-hybridized carbons (Fsp3) is 0. The third kappa shape index (κ3) is 2.89. The van der Waals surface area contributed by atoms with Crippen LogP contribution < -0.4 is 23.0 Å². The molecule has 0 unspecified atom stereocenters. The van der Waals surface area contributed by atoms with E-state index in [1.165, 1.54) is 0 Å². The van der Waals surface area contributed by atoms with Gasteiger partial charge >= 0.3 is 102 Å². The Labute approximate surface area is 114 Å². The molecule has 0 aliphatic heterocycles. The van der Waals surface area contributed by atoms with Gasteiger partial charge in [0.2, 0.25) is 0 Å². The van der Waals surface area contributed by atoms with Crippen LogP contribution in [0.2, 0.25) is 0 Å². The van der Waals surface area contributed by atoms with E-state index in [9.17, 15) is 4.57 Å². The van der Waals surface area contributed by atoms with Gasteiger partial charge in [-0.2, -0.15) is 0 Å². The molecular weight excluding hydrogens is 251 g/mol. The van der Waals surface area contributed by atoms with Gasteiger partial charge in [0.25, 0.3) is 0 Å². The van der Waals surface area contributed by atoms with Crippen molar-refractivity contribution in [2.24, 2.45) is 0 Å². The standard InChI is InChI=1S/C12H10OP.ClH.Mg/c13-14(11-7-3-1-4-8-11)12-9-5-2-6-10-12;;/h1-10H;1H;/q+1;;/p-1. The second-order valence-electron chi connectivity index (χ2n) is 3.41. The van der Waals surface area contributed by atoms with E-state index in [0.717, 1.165) is 10.6 Å². The van der Waals surface area contributed by atoms with Crippen LogP contribution in [0.5, 0.6) is 0 Å². The molecule has 0 spiro atoms. The van der Waals surface area contributed by atoms with E-state index in [1.807, 2.05) is 60.7 Å². The molecule has 0 amide bonds. The fourth-order valence-corrected chi connectivity index (χ4v) is 4.36. The zero-order valence-electron chi connectivity index (χ0n) is 8.71. The molecule has 1 nitrogen and oxygen atoms in total. The third-order valence-electron chi connectivity index (χ3n) is 2.35. The number of halogens is 1. The van der Waals surface area contributed by atoms with Crippen LogP contribution in [0.15, 0.2) is 60.7 Å². The fourth-order valence-electron chi connectivity index (χ4n) is 1.49. The maximum absolute atomic E-state index is 12.6. The van der Waals surface area contributed by atoms with E-state index in [4.69, 9.17) is 0 Å². The summed E-state index contributed by atoms with van der Waals surface area (Å²) in [5, 5.41) is 1.85. The summed E-state index contributed by atoms with van der Waals surface area (Å²) in [6, 6.07) is 19.3. The largest absolute Gasteiger partial charge is 1.00 e. The first-order valence-electron chi connectivity index (χ1n) is 4.77. The van der Waals surface area contributed by atoms with Gasteiger partial charge in [-0.3, -0.25) is 0 Å². The van der Waals surface area contributed by atoms with E-state index in [0.29, 0.717) is 0 Å². The Kier molecular flexibility index (Phi) is 5.07. The van der Waals surface area contributed by atoms with Crippen LogP contribution in [0.3, 0.4) is 0 Å². The minimum atomic E-state index is -2.37. The Hall–Kier alpha value is -0.274. The van der Waals surface area contributed by atoms with E-state index in [2.05, 4.69) is 0 Å². The predicted octanol–water partition coefficient (Wildman–Crippen LogP) is -0.912. The van der Waals surface area contributed by atoms with Gasteiger partial charge in [0.15, 0.2) is 0 Å². The summed E-state index contributed by atoms with van der Waals surface area (Å²) in [6.45, 7) is 0. The zero-order valence-corrected chi connectivity index (χ0v) is 11.8. The first kappa shape index (κ1) is 13.8. The summed E-state index contributed by atoms with van der Waals surface area (Å²) in [5.41, 5.74) is 0. The maximum Gasteiger partial charge on any atom is -1.00 e. The first-order valence-corrected chi connectivity index (χ1v) is 8.56. The molecule has 0 atom stereocenters. The summed E-state index contributed by atoms with van der Waals surface area (Å²) in [7, 11) is 0. The number of benzene rings is 2. The average Bonchev–Trinajstić information content (AvgIpc) is 2.31. The molecule has 0 heterocycles. The van der Waals surface area contributed by atoms with Crippen molar-refractivity contribution < 1.29 is 17.0 Å². The van der Waals surface area contributed by atoms with Crippen LogP contribution in [0.1, 0.15) is 0 Å². The van der Waals surface area contributed by atoms with Crippen LogP contribution in [0.4, 0.5) is 0 Å². The molecule has 4 heteroatoms. The van der Waals surface area contributed by atoms with Gasteiger partial charge in [-0.25, -0.2) is 0 Å². The maximum atomic E-state index is 12.6. The van der Waals surface area contributed by atoms with Crippen molar-refractivity contribution in [2.75, 3.05) is 0 Å². The zero-order chi connectivity index (χ0) is 10.7. The molecule has 0 saturated heterocycles. The molecule has 16 heavy (non-hydrogen) atoms. The topological polar surface area (TPSA) is 17.1 Å². The van der Waals surface area contributed by atoms with Crippen LogP contribution in [-0.2, 0) is 4.57 Å². The van der Waals surface area contributed by atoms with Crippen molar-refractivity contribution in [2.45, 2.75) is 0 Å². The monoisotopic (exact) mass is 260 g/mol. The van der Waals surface area contributed by atoms with Crippen molar-refractivity contribution in [3.63, 3.8) is 0 Å². The van der Waals surface area contributed by atoms with Gasteiger partial charge in [-0.05, 0) is 0 Å². The Morgan fingerprint density at radius 1 is 0.750 bits per heavy atom. The van der Waals surface area contributed by atoms with Crippen molar-refractivity contribution >= 4 is 36.7 Å². The van der Waals surface area contributed by atoms with Gasteiger partial charge in [0.05, 0.1) is 0 Å². The van der Waals surface area contributed by atoms with E-state index < -0.39 is 4.93 Å². The van der Waals surface area contributed by atoms with Gasteiger partial charge in [0.1, 0.15) is 0 Å². The summed E-state index contributed by atoms with van der Waals surface area (Å²) in [5.74, 6) is 0. The minimum absolute atomic E-state index is 0. The molecule has 0 aliphatic carbocycles. The Morgan fingerprint density at radius 3 is 1.38 bits per heavy atom. The van der Waals surface area contributed by atoms with E-state index >= 15 is 0 Å². The van der Waals surface area contributed by atoms with Crippen LogP contribution >= 0.6 is 4.93 Å². The van der Waals surface area contributed by atoms with Crippen molar-refractivity contribution in [3.8, 4) is 0 Å². The first-order chi connectivity index (χ1) is 7.21. The Morgan fingerprint density at radius 2 is 1.06 bits per heavy atom.